The lowest BCUT2D eigenvalue weighted by Crippen LogP contribution is -2.31. The summed E-state index contributed by atoms with van der Waals surface area (Å²) in [5.41, 5.74) is 2.07. The van der Waals surface area contributed by atoms with E-state index in [1.165, 1.54) is 19.3 Å². The van der Waals surface area contributed by atoms with Crippen LogP contribution in [0.25, 0.3) is 0 Å². The third kappa shape index (κ3) is 2.46. The molecule has 1 fully saturated rings. The summed E-state index contributed by atoms with van der Waals surface area (Å²) in [5.74, 6) is 1.47. The molecule has 0 aromatic rings. The smallest absolute Gasteiger partial charge is 0.0691 e. The number of nitrogens with zero attached hydrogens (tertiary/aromatic N) is 1. The van der Waals surface area contributed by atoms with Gasteiger partial charge in [-0.05, 0) is 68.5 Å². The van der Waals surface area contributed by atoms with Crippen LogP contribution in [-0.4, -0.2) is 10.7 Å². The monoisotopic (exact) mass is 263 g/mol. The van der Waals surface area contributed by atoms with E-state index in [0.717, 1.165) is 18.8 Å². The first-order chi connectivity index (χ1) is 8.41. The summed E-state index contributed by atoms with van der Waals surface area (Å²) in [4.78, 5) is 4.45. The number of rotatable bonds is 2. The number of hydrogen-bond donors (Lipinski definition) is 0. The second kappa shape index (κ2) is 4.90. The van der Waals surface area contributed by atoms with E-state index in [1.807, 2.05) is 0 Å². The van der Waals surface area contributed by atoms with Gasteiger partial charge in [0.1, 0.15) is 0 Å². The minimum absolute atomic E-state index is 0.0337. The molecule has 1 spiro atoms. The second-order valence-corrected chi connectivity index (χ2v) is 7.11. The molecular formula is C16H25NS. The predicted octanol–water partition coefficient (Wildman–Crippen LogP) is 5.03. The van der Waals surface area contributed by atoms with Crippen LogP contribution in [0.4, 0.5) is 0 Å². The van der Waals surface area contributed by atoms with E-state index in [1.54, 1.807) is 5.57 Å². The maximum atomic E-state index is 4.81. The van der Waals surface area contributed by atoms with Crippen LogP contribution in [0.3, 0.4) is 0 Å². The highest BCUT2D eigenvalue weighted by Crippen LogP contribution is 2.55. The number of allylic oxidation sites excluding steroid dienone is 2. The molecule has 0 aliphatic heterocycles. The van der Waals surface area contributed by atoms with Crippen molar-refractivity contribution in [2.24, 2.45) is 22.2 Å². The van der Waals surface area contributed by atoms with Gasteiger partial charge in [0, 0.05) is 0 Å². The molecule has 0 radical (unpaired) electrons. The minimum atomic E-state index is 0.0337. The van der Waals surface area contributed by atoms with Crippen LogP contribution < -0.4 is 0 Å². The molecule has 3 atom stereocenters. The fraction of sp³-hybridized carbons (Fsp3) is 0.812. The first-order valence-corrected chi connectivity index (χ1v) is 7.62. The van der Waals surface area contributed by atoms with Crippen LogP contribution >= 0.6 is 12.2 Å². The van der Waals surface area contributed by atoms with Crippen molar-refractivity contribution in [1.29, 1.82) is 0 Å². The Labute approximate surface area is 117 Å². The van der Waals surface area contributed by atoms with Gasteiger partial charge in [0.25, 0.3) is 0 Å². The Balaban J connectivity index is 2.30. The average molecular weight is 263 g/mol. The fourth-order valence-corrected chi connectivity index (χ4v) is 4.07. The normalized spacial score (nSPS) is 39.8. The van der Waals surface area contributed by atoms with Gasteiger partial charge in [-0.25, -0.2) is 4.99 Å². The van der Waals surface area contributed by atoms with Crippen LogP contribution in [0.5, 0.6) is 0 Å². The number of thiocarbonyl (C=S) groups is 1. The molecule has 1 saturated carbocycles. The number of aliphatic imine (C=N–C) groups is 1. The summed E-state index contributed by atoms with van der Waals surface area (Å²) < 4.78 is 0. The second-order valence-electron chi connectivity index (χ2n) is 6.92. The lowest BCUT2D eigenvalue weighted by molar-refractivity contribution is 0.209. The highest BCUT2D eigenvalue weighted by molar-refractivity contribution is 7.78. The molecule has 2 heteroatoms. The Morgan fingerprint density at radius 3 is 2.78 bits per heavy atom. The molecule has 2 aliphatic rings. The lowest BCUT2D eigenvalue weighted by atomic mass is 9.66. The Morgan fingerprint density at radius 2 is 2.17 bits per heavy atom. The maximum absolute atomic E-state index is 4.81. The van der Waals surface area contributed by atoms with E-state index in [9.17, 15) is 0 Å². The SMILES string of the molecule is CC(C)C1=CC2(CCC(C)(N=C=S)C2)C(C)CC1. The summed E-state index contributed by atoms with van der Waals surface area (Å²) in [5, 5.41) is 2.61. The van der Waals surface area contributed by atoms with Gasteiger partial charge < -0.3 is 0 Å². The molecule has 2 rings (SSSR count). The summed E-state index contributed by atoms with van der Waals surface area (Å²) in [7, 11) is 0. The molecule has 0 N–H and O–H groups in total. The molecular weight excluding hydrogens is 238 g/mol. The fourth-order valence-electron chi connectivity index (χ4n) is 3.85. The molecule has 0 amide bonds. The molecule has 0 saturated heterocycles. The zero-order valence-electron chi connectivity index (χ0n) is 12.1. The third-order valence-corrected chi connectivity index (χ3v) is 5.31. The molecule has 1 nitrogen and oxygen atoms in total. The molecule has 0 aromatic carbocycles. The van der Waals surface area contributed by atoms with Crippen LogP contribution in [0, 0.1) is 17.3 Å². The summed E-state index contributed by atoms with van der Waals surface area (Å²) >= 11 is 4.81. The highest BCUT2D eigenvalue weighted by Gasteiger charge is 2.48. The van der Waals surface area contributed by atoms with E-state index in [0.29, 0.717) is 11.3 Å². The molecule has 18 heavy (non-hydrogen) atoms. The van der Waals surface area contributed by atoms with Crippen LogP contribution in [0.2, 0.25) is 0 Å². The molecule has 2 aliphatic carbocycles. The maximum Gasteiger partial charge on any atom is 0.0691 e. The summed E-state index contributed by atoms with van der Waals surface area (Å²) in [6, 6.07) is 0. The minimum Gasteiger partial charge on any atom is -0.226 e. The Kier molecular flexibility index (Phi) is 3.80. The van der Waals surface area contributed by atoms with Gasteiger partial charge in [0.05, 0.1) is 10.7 Å². The van der Waals surface area contributed by atoms with Crippen molar-refractivity contribution in [2.75, 3.05) is 0 Å². The van der Waals surface area contributed by atoms with Crippen LogP contribution in [0.1, 0.15) is 59.8 Å². The standard InChI is InChI=1S/C16H25NS/c1-12(2)14-6-5-13(3)16(9-14)8-7-15(4,10-16)17-11-18/h9,12-13H,5-8,10H2,1-4H3. The zero-order chi connectivity index (χ0) is 13.4. The van der Waals surface area contributed by atoms with E-state index < -0.39 is 0 Å². The van der Waals surface area contributed by atoms with Gasteiger partial charge in [-0.3, -0.25) is 0 Å². The van der Waals surface area contributed by atoms with Crippen molar-refractivity contribution >= 4 is 17.4 Å². The van der Waals surface area contributed by atoms with Crippen molar-refractivity contribution in [1.82, 2.24) is 0 Å². The quantitative estimate of drug-likeness (QED) is 0.386. The lowest BCUT2D eigenvalue weighted by Gasteiger charge is -2.39. The molecule has 0 aromatic heterocycles. The molecule has 3 unspecified atom stereocenters. The van der Waals surface area contributed by atoms with Crippen molar-refractivity contribution in [3.05, 3.63) is 11.6 Å². The van der Waals surface area contributed by atoms with Crippen LogP contribution in [0.15, 0.2) is 16.6 Å². The van der Waals surface area contributed by atoms with Gasteiger partial charge in [-0.2, -0.15) is 0 Å². The molecule has 0 heterocycles. The highest BCUT2D eigenvalue weighted by atomic mass is 32.1. The van der Waals surface area contributed by atoms with E-state index in [4.69, 9.17) is 12.2 Å². The first-order valence-electron chi connectivity index (χ1n) is 7.21. The summed E-state index contributed by atoms with van der Waals surface area (Å²) in [6.45, 7) is 9.30. The van der Waals surface area contributed by atoms with Crippen molar-refractivity contribution in [2.45, 2.75) is 65.3 Å². The number of hydrogen-bond acceptors (Lipinski definition) is 2. The Hall–Kier alpha value is -0.460. The predicted molar refractivity (Wildman–Crippen MR) is 81.0 cm³/mol. The summed E-state index contributed by atoms with van der Waals surface area (Å²) in [6.07, 6.45) is 8.80. The largest absolute Gasteiger partial charge is 0.226 e. The Bertz CT molecular complexity index is 405. The van der Waals surface area contributed by atoms with Crippen molar-refractivity contribution in [3.8, 4) is 0 Å². The number of isothiocyanates is 1. The molecule has 0 bridgehead atoms. The van der Waals surface area contributed by atoms with Crippen molar-refractivity contribution < 1.29 is 0 Å². The van der Waals surface area contributed by atoms with E-state index in [-0.39, 0.29) is 5.54 Å². The van der Waals surface area contributed by atoms with Crippen molar-refractivity contribution in [3.63, 3.8) is 0 Å². The van der Waals surface area contributed by atoms with E-state index >= 15 is 0 Å². The average Bonchev–Trinajstić information content (AvgIpc) is 2.62. The van der Waals surface area contributed by atoms with E-state index in [2.05, 4.69) is 43.9 Å². The van der Waals surface area contributed by atoms with Gasteiger partial charge in [0.15, 0.2) is 0 Å². The van der Waals surface area contributed by atoms with Gasteiger partial charge in [-0.15, -0.1) is 0 Å². The van der Waals surface area contributed by atoms with Gasteiger partial charge in [0.2, 0.25) is 0 Å². The van der Waals surface area contributed by atoms with Crippen LogP contribution in [-0.2, 0) is 0 Å². The Morgan fingerprint density at radius 1 is 1.44 bits per heavy atom. The zero-order valence-corrected chi connectivity index (χ0v) is 12.9. The van der Waals surface area contributed by atoms with Gasteiger partial charge in [-0.1, -0.05) is 32.4 Å². The topological polar surface area (TPSA) is 12.4 Å². The third-order valence-electron chi connectivity index (χ3n) is 5.22. The van der Waals surface area contributed by atoms with Gasteiger partial charge >= 0.3 is 0 Å². The first kappa shape index (κ1) is 14.0. The molecule has 100 valence electrons.